The number of alkyl halides is 3. The summed E-state index contributed by atoms with van der Waals surface area (Å²) < 4.78 is 37.6. The molecule has 0 aliphatic rings. The van der Waals surface area contributed by atoms with Gasteiger partial charge in [-0.25, -0.2) is 0 Å². The number of aromatic nitrogens is 1. The number of fused-ring (bicyclic) bond motifs is 1. The Morgan fingerprint density at radius 1 is 1.04 bits per heavy atom. The first-order valence-electron chi connectivity index (χ1n) is 7.72. The van der Waals surface area contributed by atoms with Crippen molar-refractivity contribution in [1.29, 1.82) is 0 Å². The van der Waals surface area contributed by atoms with Crippen LogP contribution in [0.3, 0.4) is 0 Å². The Labute approximate surface area is 142 Å². The van der Waals surface area contributed by atoms with Gasteiger partial charge in [0.15, 0.2) is 0 Å². The van der Waals surface area contributed by atoms with Crippen LogP contribution in [0.2, 0.25) is 0 Å². The second-order valence-electron chi connectivity index (χ2n) is 5.66. The van der Waals surface area contributed by atoms with E-state index in [1.807, 2.05) is 30.3 Å². The van der Waals surface area contributed by atoms with Crippen molar-refractivity contribution in [2.24, 2.45) is 0 Å². The fourth-order valence-electron chi connectivity index (χ4n) is 2.48. The van der Waals surface area contributed by atoms with Gasteiger partial charge in [-0.05, 0) is 36.2 Å². The minimum absolute atomic E-state index is 0.179. The zero-order valence-electron chi connectivity index (χ0n) is 13.2. The molecule has 0 saturated carbocycles. The number of pyridine rings is 1. The summed E-state index contributed by atoms with van der Waals surface area (Å²) in [6.45, 7) is 0. The number of carbonyl (C=O) groups excluding carboxylic acids is 1. The molecule has 0 radical (unpaired) electrons. The number of nitrogens with one attached hydrogen (secondary N) is 1. The van der Waals surface area contributed by atoms with Crippen molar-refractivity contribution in [2.45, 2.75) is 19.0 Å². The molecule has 0 fully saturated rings. The van der Waals surface area contributed by atoms with Crippen molar-refractivity contribution >= 4 is 22.5 Å². The number of benzene rings is 2. The third-order valence-corrected chi connectivity index (χ3v) is 3.80. The maximum Gasteiger partial charge on any atom is 0.416 e. The molecule has 0 aliphatic carbocycles. The SMILES string of the molecule is O=C(CCc1ccc(C(F)(F)F)cc1)Nc1cnc2ccccc2c1. The Morgan fingerprint density at radius 2 is 1.76 bits per heavy atom. The normalized spacial score (nSPS) is 11.5. The summed E-state index contributed by atoms with van der Waals surface area (Å²) in [7, 11) is 0. The van der Waals surface area contributed by atoms with Gasteiger partial charge >= 0.3 is 6.18 Å². The summed E-state index contributed by atoms with van der Waals surface area (Å²) in [6.07, 6.45) is -2.22. The van der Waals surface area contributed by atoms with E-state index in [0.29, 0.717) is 17.7 Å². The molecule has 1 aromatic heterocycles. The number of hydrogen-bond donors (Lipinski definition) is 1. The molecule has 2 aromatic carbocycles. The van der Waals surface area contributed by atoms with Gasteiger partial charge in [0.25, 0.3) is 0 Å². The molecule has 6 heteroatoms. The monoisotopic (exact) mass is 344 g/mol. The van der Waals surface area contributed by atoms with Crippen LogP contribution >= 0.6 is 0 Å². The highest BCUT2D eigenvalue weighted by molar-refractivity contribution is 5.93. The van der Waals surface area contributed by atoms with E-state index in [4.69, 9.17) is 0 Å². The molecule has 3 nitrogen and oxygen atoms in total. The van der Waals surface area contributed by atoms with Crippen LogP contribution in [0.15, 0.2) is 60.8 Å². The summed E-state index contributed by atoms with van der Waals surface area (Å²) in [6, 6.07) is 14.2. The Balaban J connectivity index is 1.58. The van der Waals surface area contributed by atoms with E-state index in [-0.39, 0.29) is 12.3 Å². The lowest BCUT2D eigenvalue weighted by Gasteiger charge is -2.08. The van der Waals surface area contributed by atoms with Crippen LogP contribution in [0.25, 0.3) is 10.9 Å². The van der Waals surface area contributed by atoms with Crippen molar-refractivity contribution in [2.75, 3.05) is 5.32 Å². The zero-order valence-corrected chi connectivity index (χ0v) is 13.2. The summed E-state index contributed by atoms with van der Waals surface area (Å²) >= 11 is 0. The first-order valence-corrected chi connectivity index (χ1v) is 7.72. The quantitative estimate of drug-likeness (QED) is 0.737. The smallest absolute Gasteiger partial charge is 0.325 e. The summed E-state index contributed by atoms with van der Waals surface area (Å²) in [4.78, 5) is 16.3. The largest absolute Gasteiger partial charge is 0.416 e. The Bertz CT molecular complexity index is 889. The number of para-hydroxylation sites is 1. The molecule has 1 amide bonds. The molecule has 3 aromatic rings. The van der Waals surface area contributed by atoms with Gasteiger partial charge in [-0.2, -0.15) is 13.2 Å². The topological polar surface area (TPSA) is 42.0 Å². The average molecular weight is 344 g/mol. The number of amides is 1. The lowest BCUT2D eigenvalue weighted by atomic mass is 10.1. The van der Waals surface area contributed by atoms with Gasteiger partial charge in [-0.1, -0.05) is 30.3 Å². The summed E-state index contributed by atoms with van der Waals surface area (Å²) in [5.41, 5.74) is 1.42. The van der Waals surface area contributed by atoms with E-state index in [9.17, 15) is 18.0 Å². The Hall–Kier alpha value is -2.89. The van der Waals surface area contributed by atoms with Gasteiger partial charge < -0.3 is 5.32 Å². The predicted octanol–water partition coefficient (Wildman–Crippen LogP) is 4.82. The van der Waals surface area contributed by atoms with Crippen LogP contribution in [0.1, 0.15) is 17.5 Å². The van der Waals surface area contributed by atoms with Gasteiger partial charge in [0, 0.05) is 11.8 Å². The number of rotatable bonds is 4. The lowest BCUT2D eigenvalue weighted by molar-refractivity contribution is -0.137. The van der Waals surface area contributed by atoms with Crippen LogP contribution < -0.4 is 5.32 Å². The molecule has 3 rings (SSSR count). The highest BCUT2D eigenvalue weighted by Gasteiger charge is 2.29. The summed E-state index contributed by atoms with van der Waals surface area (Å²) in [5, 5.41) is 3.68. The number of nitrogens with zero attached hydrogens (tertiary/aromatic N) is 1. The zero-order chi connectivity index (χ0) is 17.9. The highest BCUT2D eigenvalue weighted by atomic mass is 19.4. The minimum Gasteiger partial charge on any atom is -0.325 e. The Kier molecular flexibility index (Phi) is 4.70. The maximum atomic E-state index is 12.5. The fraction of sp³-hybridized carbons (Fsp3) is 0.158. The van der Waals surface area contributed by atoms with Crippen LogP contribution in [0.5, 0.6) is 0 Å². The van der Waals surface area contributed by atoms with E-state index in [0.717, 1.165) is 23.0 Å². The fourth-order valence-corrected chi connectivity index (χ4v) is 2.48. The van der Waals surface area contributed by atoms with Crippen molar-refractivity contribution in [3.05, 3.63) is 71.9 Å². The first-order chi connectivity index (χ1) is 11.9. The van der Waals surface area contributed by atoms with Crippen molar-refractivity contribution in [1.82, 2.24) is 4.98 Å². The van der Waals surface area contributed by atoms with Gasteiger partial charge in [-0.15, -0.1) is 0 Å². The average Bonchev–Trinajstić information content (AvgIpc) is 2.59. The maximum absolute atomic E-state index is 12.5. The van der Waals surface area contributed by atoms with E-state index in [2.05, 4.69) is 10.3 Å². The molecule has 0 spiro atoms. The second kappa shape index (κ2) is 6.93. The number of aryl methyl sites for hydroxylation is 1. The number of halogens is 3. The molecule has 128 valence electrons. The van der Waals surface area contributed by atoms with E-state index >= 15 is 0 Å². The standard InChI is InChI=1S/C19H15F3N2O/c20-19(21,22)15-8-5-13(6-9-15)7-10-18(25)24-16-11-14-3-1-2-4-17(14)23-12-16/h1-6,8-9,11-12H,7,10H2,(H,24,25). The van der Waals surface area contributed by atoms with E-state index < -0.39 is 11.7 Å². The molecule has 0 unspecified atom stereocenters. The van der Waals surface area contributed by atoms with Crippen LogP contribution in [0.4, 0.5) is 18.9 Å². The van der Waals surface area contributed by atoms with Gasteiger partial charge in [0.05, 0.1) is 23.0 Å². The molecular weight excluding hydrogens is 329 g/mol. The third-order valence-electron chi connectivity index (χ3n) is 3.80. The molecule has 1 heterocycles. The molecule has 0 aliphatic heterocycles. The Morgan fingerprint density at radius 3 is 2.48 bits per heavy atom. The van der Waals surface area contributed by atoms with Gasteiger partial charge in [-0.3, -0.25) is 9.78 Å². The highest BCUT2D eigenvalue weighted by Crippen LogP contribution is 2.29. The van der Waals surface area contributed by atoms with Crippen LogP contribution in [0, 0.1) is 0 Å². The third kappa shape index (κ3) is 4.35. The van der Waals surface area contributed by atoms with Crippen molar-refractivity contribution < 1.29 is 18.0 Å². The van der Waals surface area contributed by atoms with Crippen LogP contribution in [-0.2, 0) is 17.4 Å². The summed E-state index contributed by atoms with van der Waals surface area (Å²) in [5.74, 6) is -0.211. The second-order valence-corrected chi connectivity index (χ2v) is 5.66. The van der Waals surface area contributed by atoms with Crippen molar-refractivity contribution in [3.8, 4) is 0 Å². The molecule has 1 N–H and O–H groups in total. The van der Waals surface area contributed by atoms with E-state index in [1.165, 1.54) is 12.1 Å². The number of hydrogen-bond acceptors (Lipinski definition) is 2. The molecule has 0 atom stereocenters. The van der Waals surface area contributed by atoms with Crippen LogP contribution in [-0.4, -0.2) is 10.9 Å². The molecule has 0 saturated heterocycles. The molecular formula is C19H15F3N2O. The number of carbonyl (C=O) groups is 1. The molecule has 25 heavy (non-hydrogen) atoms. The number of anilines is 1. The minimum atomic E-state index is -4.35. The lowest BCUT2D eigenvalue weighted by Crippen LogP contribution is -2.12. The van der Waals surface area contributed by atoms with Gasteiger partial charge in [0.1, 0.15) is 0 Å². The van der Waals surface area contributed by atoms with E-state index in [1.54, 1.807) is 6.20 Å². The van der Waals surface area contributed by atoms with Crippen molar-refractivity contribution in [3.63, 3.8) is 0 Å². The first kappa shape index (κ1) is 17.0. The predicted molar refractivity (Wildman–Crippen MR) is 90.1 cm³/mol. The van der Waals surface area contributed by atoms with Gasteiger partial charge in [0.2, 0.25) is 5.91 Å². The molecule has 0 bridgehead atoms.